The summed E-state index contributed by atoms with van der Waals surface area (Å²) in [7, 11) is -4.12. The zero-order chi connectivity index (χ0) is 23.0. The van der Waals surface area contributed by atoms with Crippen LogP contribution in [0.2, 0.25) is 0 Å². The van der Waals surface area contributed by atoms with Crippen LogP contribution in [0, 0.1) is 0 Å². The molecule has 0 bridgehead atoms. The smallest absolute Gasteiger partial charge is 0.466 e. The molecular formula is C23H45O7P. The van der Waals surface area contributed by atoms with Gasteiger partial charge in [-0.05, 0) is 32.1 Å². The van der Waals surface area contributed by atoms with Crippen LogP contribution in [0.15, 0.2) is 12.2 Å². The first-order valence-electron chi connectivity index (χ1n) is 12.0. The van der Waals surface area contributed by atoms with E-state index in [1.807, 2.05) is 0 Å². The van der Waals surface area contributed by atoms with Crippen molar-refractivity contribution in [2.75, 3.05) is 26.4 Å². The van der Waals surface area contributed by atoms with Gasteiger partial charge in [-0.15, -0.1) is 0 Å². The standard InChI is InChI=1S/C23H45O7P/c1-2-3-4-5-6-7-8-9-10-11-12-13-14-15-16-18-23(25)28-20-17-21-29-31(26,27)30-22-19-24/h9-10,24H,2-8,11-22H2,1H3,(H,26,27)/b10-9-. The van der Waals surface area contributed by atoms with Gasteiger partial charge < -0.3 is 14.7 Å². The molecule has 31 heavy (non-hydrogen) atoms. The molecule has 0 aromatic rings. The van der Waals surface area contributed by atoms with Crippen LogP contribution in [0.4, 0.5) is 0 Å². The summed E-state index contributed by atoms with van der Waals surface area (Å²) < 4.78 is 25.6. The molecule has 0 rings (SSSR count). The molecule has 0 aromatic heterocycles. The molecule has 0 amide bonds. The largest absolute Gasteiger partial charge is 0.472 e. The van der Waals surface area contributed by atoms with E-state index in [4.69, 9.17) is 9.84 Å². The summed E-state index contributed by atoms with van der Waals surface area (Å²) in [6, 6.07) is 0. The highest BCUT2D eigenvalue weighted by atomic mass is 31.2. The summed E-state index contributed by atoms with van der Waals surface area (Å²) in [4.78, 5) is 20.9. The lowest BCUT2D eigenvalue weighted by Crippen LogP contribution is -2.08. The number of hydrogen-bond acceptors (Lipinski definition) is 6. The number of aliphatic hydroxyl groups is 1. The fraction of sp³-hybridized carbons (Fsp3) is 0.870. The molecule has 1 unspecified atom stereocenters. The molecule has 7 nitrogen and oxygen atoms in total. The van der Waals surface area contributed by atoms with Gasteiger partial charge in [-0.2, -0.15) is 0 Å². The zero-order valence-electron chi connectivity index (χ0n) is 19.5. The Labute approximate surface area is 189 Å². The van der Waals surface area contributed by atoms with E-state index in [1.54, 1.807) is 0 Å². The first-order chi connectivity index (χ1) is 15.0. The zero-order valence-corrected chi connectivity index (χ0v) is 20.4. The molecule has 0 saturated carbocycles. The molecule has 8 heteroatoms. The molecule has 0 aliphatic heterocycles. The van der Waals surface area contributed by atoms with Gasteiger partial charge in [0.15, 0.2) is 0 Å². The summed E-state index contributed by atoms with van der Waals surface area (Å²) in [5.74, 6) is -0.249. The second kappa shape index (κ2) is 22.5. The predicted octanol–water partition coefficient (Wildman–Crippen LogP) is 6.08. The molecule has 1 atom stereocenters. The van der Waals surface area contributed by atoms with Crippen LogP contribution in [0.25, 0.3) is 0 Å². The third kappa shape index (κ3) is 23.8. The summed E-state index contributed by atoms with van der Waals surface area (Å²) in [5.41, 5.74) is 0. The van der Waals surface area contributed by atoms with E-state index in [0.29, 0.717) is 12.8 Å². The van der Waals surface area contributed by atoms with Crippen molar-refractivity contribution >= 4 is 13.8 Å². The minimum Gasteiger partial charge on any atom is -0.466 e. The van der Waals surface area contributed by atoms with Gasteiger partial charge in [0.05, 0.1) is 26.4 Å². The number of aliphatic hydroxyl groups excluding tert-OH is 1. The quantitative estimate of drug-likeness (QED) is 0.0817. The first-order valence-corrected chi connectivity index (χ1v) is 13.5. The van der Waals surface area contributed by atoms with Crippen LogP contribution in [0.5, 0.6) is 0 Å². The molecule has 0 aliphatic carbocycles. The highest BCUT2D eigenvalue weighted by Gasteiger charge is 2.19. The summed E-state index contributed by atoms with van der Waals surface area (Å²) in [6.45, 7) is 1.71. The lowest BCUT2D eigenvalue weighted by atomic mass is 10.1. The van der Waals surface area contributed by atoms with Crippen molar-refractivity contribution in [1.29, 1.82) is 0 Å². The van der Waals surface area contributed by atoms with E-state index in [1.165, 1.54) is 57.8 Å². The maximum atomic E-state index is 11.6. The van der Waals surface area contributed by atoms with Gasteiger partial charge in [0.2, 0.25) is 0 Å². The van der Waals surface area contributed by atoms with Crippen molar-refractivity contribution in [2.45, 2.75) is 103 Å². The Morgan fingerprint density at radius 1 is 0.774 bits per heavy atom. The van der Waals surface area contributed by atoms with Crippen LogP contribution in [-0.2, 0) is 23.1 Å². The minimum absolute atomic E-state index is 0.0557. The van der Waals surface area contributed by atoms with Crippen molar-refractivity contribution in [1.82, 2.24) is 0 Å². The number of phosphoric acid groups is 1. The highest BCUT2D eigenvalue weighted by molar-refractivity contribution is 7.47. The van der Waals surface area contributed by atoms with E-state index in [9.17, 15) is 14.3 Å². The topological polar surface area (TPSA) is 102 Å². The van der Waals surface area contributed by atoms with Crippen LogP contribution in [0.1, 0.15) is 103 Å². The number of carbonyl (C=O) groups is 1. The van der Waals surface area contributed by atoms with Crippen LogP contribution >= 0.6 is 7.82 Å². The Kier molecular flexibility index (Phi) is 22.0. The molecule has 2 N–H and O–H groups in total. The molecular weight excluding hydrogens is 419 g/mol. The molecule has 0 spiro atoms. The maximum absolute atomic E-state index is 11.6. The Bertz CT molecular complexity index is 483. The van der Waals surface area contributed by atoms with E-state index in [-0.39, 0.29) is 32.4 Å². The number of ether oxygens (including phenoxy) is 1. The molecule has 0 aromatic carbocycles. The highest BCUT2D eigenvalue weighted by Crippen LogP contribution is 2.42. The lowest BCUT2D eigenvalue weighted by molar-refractivity contribution is -0.144. The average molecular weight is 465 g/mol. The number of esters is 1. The van der Waals surface area contributed by atoms with Gasteiger partial charge in [0.1, 0.15) is 0 Å². The summed E-state index contributed by atoms with van der Waals surface area (Å²) >= 11 is 0. The van der Waals surface area contributed by atoms with Crippen molar-refractivity contribution in [2.24, 2.45) is 0 Å². The Balaban J connectivity index is 3.36. The van der Waals surface area contributed by atoms with E-state index < -0.39 is 7.82 Å². The Hall–Kier alpha value is -0.720. The third-order valence-corrected chi connectivity index (χ3v) is 5.81. The van der Waals surface area contributed by atoms with Gasteiger partial charge in [0, 0.05) is 12.8 Å². The van der Waals surface area contributed by atoms with Crippen molar-refractivity contribution in [3.05, 3.63) is 12.2 Å². The van der Waals surface area contributed by atoms with E-state index >= 15 is 0 Å². The Morgan fingerprint density at radius 2 is 1.32 bits per heavy atom. The fourth-order valence-electron chi connectivity index (χ4n) is 3.03. The minimum atomic E-state index is -4.12. The van der Waals surface area contributed by atoms with Crippen molar-refractivity contribution < 1.29 is 33.1 Å². The van der Waals surface area contributed by atoms with Crippen molar-refractivity contribution in [3.8, 4) is 0 Å². The van der Waals surface area contributed by atoms with Gasteiger partial charge in [-0.3, -0.25) is 13.8 Å². The SMILES string of the molecule is CCCCCCCC/C=C\CCCCCCCC(=O)OCCCOP(=O)(O)OCCO. The molecule has 0 heterocycles. The van der Waals surface area contributed by atoms with Gasteiger partial charge in [0.25, 0.3) is 0 Å². The first kappa shape index (κ1) is 30.3. The van der Waals surface area contributed by atoms with Gasteiger partial charge >= 0.3 is 13.8 Å². The van der Waals surface area contributed by atoms with E-state index in [0.717, 1.165) is 25.7 Å². The monoisotopic (exact) mass is 464 g/mol. The number of hydrogen-bond donors (Lipinski definition) is 2. The Morgan fingerprint density at radius 3 is 1.94 bits per heavy atom. The second-order valence-corrected chi connectivity index (χ2v) is 9.22. The van der Waals surface area contributed by atoms with Gasteiger partial charge in [-0.25, -0.2) is 4.57 Å². The van der Waals surface area contributed by atoms with Crippen LogP contribution in [0.3, 0.4) is 0 Å². The lowest BCUT2D eigenvalue weighted by Gasteiger charge is -2.11. The van der Waals surface area contributed by atoms with Crippen LogP contribution in [-0.4, -0.2) is 42.4 Å². The number of phosphoric ester groups is 1. The fourth-order valence-corrected chi connectivity index (χ4v) is 3.78. The number of carbonyl (C=O) groups excluding carboxylic acids is 1. The molecule has 0 aliphatic rings. The number of rotatable bonds is 23. The molecule has 0 radical (unpaired) electrons. The van der Waals surface area contributed by atoms with Gasteiger partial charge in [-0.1, -0.05) is 70.4 Å². The number of allylic oxidation sites excluding steroid dienone is 2. The summed E-state index contributed by atoms with van der Waals surface area (Å²) in [6.07, 6.45) is 21.1. The molecule has 184 valence electrons. The molecule has 0 saturated heterocycles. The van der Waals surface area contributed by atoms with Crippen molar-refractivity contribution in [3.63, 3.8) is 0 Å². The van der Waals surface area contributed by atoms with E-state index in [2.05, 4.69) is 28.1 Å². The third-order valence-electron chi connectivity index (χ3n) is 4.79. The second-order valence-electron chi connectivity index (χ2n) is 7.77. The predicted molar refractivity (Wildman–Crippen MR) is 124 cm³/mol. The number of unbranched alkanes of at least 4 members (excludes halogenated alkanes) is 11. The normalized spacial score (nSPS) is 13.5. The average Bonchev–Trinajstić information content (AvgIpc) is 2.74. The van der Waals surface area contributed by atoms with Crippen LogP contribution < -0.4 is 0 Å². The summed E-state index contributed by atoms with van der Waals surface area (Å²) in [5, 5.41) is 8.53. The molecule has 0 fully saturated rings. The maximum Gasteiger partial charge on any atom is 0.472 e.